The molecule has 0 heterocycles. The van der Waals surface area contributed by atoms with E-state index in [1.165, 1.54) is 18.2 Å². The lowest BCUT2D eigenvalue weighted by Gasteiger charge is -2.08. The largest absolute Gasteiger partial charge is 0.489 e. The van der Waals surface area contributed by atoms with Gasteiger partial charge in [0.25, 0.3) is 0 Å². The number of ether oxygens (including phenoxy) is 1. The van der Waals surface area contributed by atoms with Crippen molar-refractivity contribution in [3.05, 3.63) is 59.2 Å². The summed E-state index contributed by atoms with van der Waals surface area (Å²) in [6, 6.07) is 8.83. The first-order valence-electron chi connectivity index (χ1n) is 5.49. The maximum absolute atomic E-state index is 13.5. The normalized spacial score (nSPS) is 10.4. The first-order chi connectivity index (χ1) is 8.56. The highest BCUT2D eigenvalue weighted by Gasteiger charge is 2.04. The Kier molecular flexibility index (Phi) is 3.46. The Labute approximate surface area is 104 Å². The molecule has 0 aliphatic rings. The van der Waals surface area contributed by atoms with Crippen molar-refractivity contribution in [3.8, 4) is 5.75 Å². The Morgan fingerprint density at radius 3 is 2.50 bits per heavy atom. The first kappa shape index (κ1) is 12.4. The van der Waals surface area contributed by atoms with Gasteiger partial charge in [-0.05, 0) is 42.8 Å². The Balaban J connectivity index is 2.09. The van der Waals surface area contributed by atoms with Crippen LogP contribution in [-0.2, 0) is 6.61 Å². The summed E-state index contributed by atoms with van der Waals surface area (Å²) in [4.78, 5) is 0. The fourth-order valence-electron chi connectivity index (χ4n) is 1.55. The van der Waals surface area contributed by atoms with Crippen molar-refractivity contribution in [2.75, 3.05) is 5.73 Å². The molecule has 0 amide bonds. The second-order valence-electron chi connectivity index (χ2n) is 4.05. The highest BCUT2D eigenvalue weighted by molar-refractivity contribution is 5.40. The molecule has 0 aliphatic heterocycles. The van der Waals surface area contributed by atoms with Crippen LogP contribution >= 0.6 is 0 Å². The molecule has 0 saturated carbocycles. The van der Waals surface area contributed by atoms with E-state index in [4.69, 9.17) is 10.5 Å². The van der Waals surface area contributed by atoms with Crippen molar-refractivity contribution in [1.82, 2.24) is 0 Å². The molecule has 2 nitrogen and oxygen atoms in total. The summed E-state index contributed by atoms with van der Waals surface area (Å²) in [5, 5.41) is 0. The molecule has 0 unspecified atom stereocenters. The van der Waals surface area contributed by atoms with E-state index in [0.29, 0.717) is 22.6 Å². The molecular formula is C14H13F2NO. The van der Waals surface area contributed by atoms with Gasteiger partial charge in [-0.3, -0.25) is 0 Å². The monoisotopic (exact) mass is 249 g/mol. The van der Waals surface area contributed by atoms with Gasteiger partial charge in [0, 0.05) is 11.3 Å². The molecule has 2 aromatic rings. The van der Waals surface area contributed by atoms with Crippen molar-refractivity contribution in [2.24, 2.45) is 0 Å². The third-order valence-corrected chi connectivity index (χ3v) is 2.60. The number of nitrogens with two attached hydrogens (primary N) is 1. The molecular weight excluding hydrogens is 236 g/mol. The molecule has 18 heavy (non-hydrogen) atoms. The summed E-state index contributed by atoms with van der Waals surface area (Å²) < 4.78 is 31.9. The van der Waals surface area contributed by atoms with Crippen molar-refractivity contribution in [1.29, 1.82) is 0 Å². The number of halogens is 2. The second-order valence-corrected chi connectivity index (χ2v) is 4.05. The molecule has 94 valence electrons. The van der Waals surface area contributed by atoms with Crippen molar-refractivity contribution in [3.63, 3.8) is 0 Å². The fourth-order valence-corrected chi connectivity index (χ4v) is 1.55. The molecule has 0 spiro atoms. The minimum absolute atomic E-state index is 0.0805. The zero-order valence-corrected chi connectivity index (χ0v) is 9.91. The minimum atomic E-state index is -0.408. The number of aryl methyl sites for hydroxylation is 1. The lowest BCUT2D eigenvalue weighted by Crippen LogP contribution is -2.00. The number of hydrogen-bond donors (Lipinski definition) is 1. The third-order valence-electron chi connectivity index (χ3n) is 2.60. The van der Waals surface area contributed by atoms with Gasteiger partial charge in [0.05, 0.1) is 0 Å². The fraction of sp³-hybridized carbons (Fsp3) is 0.143. The van der Waals surface area contributed by atoms with E-state index in [9.17, 15) is 8.78 Å². The van der Waals surface area contributed by atoms with Gasteiger partial charge in [-0.1, -0.05) is 6.07 Å². The molecule has 0 radical (unpaired) electrons. The van der Waals surface area contributed by atoms with Gasteiger partial charge >= 0.3 is 0 Å². The number of hydrogen-bond acceptors (Lipinski definition) is 2. The summed E-state index contributed by atoms with van der Waals surface area (Å²) in [5.74, 6) is -0.194. The highest BCUT2D eigenvalue weighted by Crippen LogP contribution is 2.19. The second kappa shape index (κ2) is 5.04. The van der Waals surface area contributed by atoms with Gasteiger partial charge in [-0.15, -0.1) is 0 Å². The molecule has 0 aliphatic carbocycles. The van der Waals surface area contributed by atoms with Crippen LogP contribution in [0.4, 0.5) is 14.5 Å². The SMILES string of the molecule is Cc1cc(OCc2ccc(N)cc2F)ccc1F. The average molecular weight is 249 g/mol. The van der Waals surface area contributed by atoms with Gasteiger partial charge in [0.15, 0.2) is 0 Å². The quantitative estimate of drug-likeness (QED) is 0.846. The summed E-state index contributed by atoms with van der Waals surface area (Å²) in [5.41, 5.74) is 6.72. The van der Waals surface area contributed by atoms with Crippen molar-refractivity contribution in [2.45, 2.75) is 13.5 Å². The van der Waals surface area contributed by atoms with E-state index in [0.717, 1.165) is 0 Å². The standard InChI is InChI=1S/C14H13F2NO/c1-9-6-12(4-5-13(9)15)18-8-10-2-3-11(17)7-14(10)16/h2-7H,8,17H2,1H3. The van der Waals surface area contributed by atoms with Crippen molar-refractivity contribution < 1.29 is 13.5 Å². The van der Waals surface area contributed by atoms with E-state index in [2.05, 4.69) is 0 Å². The van der Waals surface area contributed by atoms with Crippen LogP contribution in [0.2, 0.25) is 0 Å². The Bertz CT molecular complexity index is 570. The van der Waals surface area contributed by atoms with Crippen LogP contribution in [0, 0.1) is 18.6 Å². The van der Waals surface area contributed by atoms with E-state index >= 15 is 0 Å². The molecule has 4 heteroatoms. The Morgan fingerprint density at radius 1 is 1.06 bits per heavy atom. The maximum Gasteiger partial charge on any atom is 0.131 e. The molecule has 0 atom stereocenters. The van der Waals surface area contributed by atoms with E-state index in [-0.39, 0.29) is 12.4 Å². The molecule has 0 saturated heterocycles. The van der Waals surface area contributed by atoms with Gasteiger partial charge < -0.3 is 10.5 Å². The van der Waals surface area contributed by atoms with Crippen LogP contribution in [0.1, 0.15) is 11.1 Å². The predicted molar refractivity (Wildman–Crippen MR) is 66.3 cm³/mol. The van der Waals surface area contributed by atoms with Gasteiger partial charge in [-0.2, -0.15) is 0 Å². The van der Waals surface area contributed by atoms with Crippen LogP contribution in [-0.4, -0.2) is 0 Å². The lowest BCUT2D eigenvalue weighted by molar-refractivity contribution is 0.299. The average Bonchev–Trinajstić information content (AvgIpc) is 2.32. The number of anilines is 1. The number of benzene rings is 2. The van der Waals surface area contributed by atoms with Crippen LogP contribution in [0.5, 0.6) is 5.75 Å². The molecule has 2 rings (SSSR count). The Morgan fingerprint density at radius 2 is 1.83 bits per heavy atom. The summed E-state index contributed by atoms with van der Waals surface area (Å²) in [7, 11) is 0. The summed E-state index contributed by atoms with van der Waals surface area (Å²) in [6.07, 6.45) is 0. The number of nitrogen functional groups attached to an aromatic ring is 1. The minimum Gasteiger partial charge on any atom is -0.489 e. The summed E-state index contributed by atoms with van der Waals surface area (Å²) >= 11 is 0. The predicted octanol–water partition coefficient (Wildman–Crippen LogP) is 3.43. The smallest absolute Gasteiger partial charge is 0.131 e. The summed E-state index contributed by atoms with van der Waals surface area (Å²) in [6.45, 7) is 1.73. The maximum atomic E-state index is 13.5. The molecule has 2 N–H and O–H groups in total. The topological polar surface area (TPSA) is 35.2 Å². The van der Waals surface area contributed by atoms with E-state index in [1.807, 2.05) is 0 Å². The van der Waals surface area contributed by atoms with Gasteiger partial charge in [0.1, 0.15) is 24.0 Å². The van der Waals surface area contributed by atoms with Crippen molar-refractivity contribution >= 4 is 5.69 Å². The molecule has 2 aromatic carbocycles. The van der Waals surface area contributed by atoms with Gasteiger partial charge in [-0.25, -0.2) is 8.78 Å². The Hall–Kier alpha value is -2.10. The highest BCUT2D eigenvalue weighted by atomic mass is 19.1. The first-order valence-corrected chi connectivity index (χ1v) is 5.49. The number of rotatable bonds is 3. The van der Waals surface area contributed by atoms with Gasteiger partial charge in [0.2, 0.25) is 0 Å². The van der Waals surface area contributed by atoms with E-state index in [1.54, 1.807) is 25.1 Å². The van der Waals surface area contributed by atoms with Crippen LogP contribution in [0.25, 0.3) is 0 Å². The zero-order valence-electron chi connectivity index (χ0n) is 9.91. The van der Waals surface area contributed by atoms with Crippen LogP contribution < -0.4 is 10.5 Å². The molecule has 0 aromatic heterocycles. The third kappa shape index (κ3) is 2.77. The van der Waals surface area contributed by atoms with Crippen LogP contribution in [0.3, 0.4) is 0 Å². The molecule has 0 fully saturated rings. The molecule has 0 bridgehead atoms. The van der Waals surface area contributed by atoms with Crippen LogP contribution in [0.15, 0.2) is 36.4 Å². The zero-order chi connectivity index (χ0) is 13.1. The van der Waals surface area contributed by atoms with E-state index < -0.39 is 5.82 Å². The lowest BCUT2D eigenvalue weighted by atomic mass is 10.2.